The van der Waals surface area contributed by atoms with Crippen LogP contribution in [0.2, 0.25) is 0 Å². The van der Waals surface area contributed by atoms with Crippen molar-refractivity contribution in [2.24, 2.45) is 0 Å². The van der Waals surface area contributed by atoms with Gasteiger partial charge in [0.2, 0.25) is 0 Å². The number of benzene rings is 2. The topological polar surface area (TPSA) is 35.2 Å². The Balaban J connectivity index is 2.16. The molecule has 0 aliphatic carbocycles. The van der Waals surface area contributed by atoms with E-state index >= 15 is 0 Å². The molecule has 0 unspecified atom stereocenters. The van der Waals surface area contributed by atoms with Crippen LogP contribution in [-0.2, 0) is 6.61 Å². The van der Waals surface area contributed by atoms with Gasteiger partial charge in [-0.2, -0.15) is 0 Å². The highest BCUT2D eigenvalue weighted by Gasteiger charge is 2.08. The van der Waals surface area contributed by atoms with E-state index in [4.69, 9.17) is 10.5 Å². The zero-order valence-electron chi connectivity index (χ0n) is 8.99. The van der Waals surface area contributed by atoms with Gasteiger partial charge >= 0.3 is 0 Å². The molecule has 0 heterocycles. The van der Waals surface area contributed by atoms with Gasteiger partial charge in [0.05, 0.1) is 0 Å². The number of hydrogen-bond donors (Lipinski definition) is 1. The molecule has 88 valence electrons. The molecule has 0 aliphatic rings. The first-order valence-electron chi connectivity index (χ1n) is 5.08. The van der Waals surface area contributed by atoms with Crippen LogP contribution in [-0.4, -0.2) is 0 Å². The first-order valence-corrected chi connectivity index (χ1v) is 5.08. The van der Waals surface area contributed by atoms with Gasteiger partial charge in [0.1, 0.15) is 12.4 Å². The van der Waals surface area contributed by atoms with Crippen molar-refractivity contribution in [2.75, 3.05) is 5.73 Å². The van der Waals surface area contributed by atoms with Crippen LogP contribution in [0.15, 0.2) is 42.5 Å². The smallest absolute Gasteiger partial charge is 0.165 e. The van der Waals surface area contributed by atoms with Crippen molar-refractivity contribution >= 4 is 5.69 Å². The van der Waals surface area contributed by atoms with Crippen molar-refractivity contribution < 1.29 is 13.5 Å². The minimum Gasteiger partial charge on any atom is -0.486 e. The highest BCUT2D eigenvalue weighted by atomic mass is 19.1. The predicted molar refractivity (Wildman–Crippen MR) is 61.5 cm³/mol. The van der Waals surface area contributed by atoms with E-state index in [0.29, 0.717) is 5.69 Å². The largest absolute Gasteiger partial charge is 0.486 e. The third-order valence-electron chi connectivity index (χ3n) is 2.36. The standard InChI is InChI=1S/C13H11F2NO/c14-10-5-3-6-12(16)9(10)8-17-13-7-2-1-4-11(13)15/h1-7H,8,16H2. The van der Waals surface area contributed by atoms with Crippen molar-refractivity contribution in [1.82, 2.24) is 0 Å². The summed E-state index contributed by atoms with van der Waals surface area (Å²) < 4.78 is 31.8. The Morgan fingerprint density at radius 3 is 2.35 bits per heavy atom. The predicted octanol–water partition coefficient (Wildman–Crippen LogP) is 3.13. The molecule has 0 amide bonds. The molecule has 0 spiro atoms. The summed E-state index contributed by atoms with van der Waals surface area (Å²) in [6.45, 7) is -0.0978. The molecule has 2 N–H and O–H groups in total. The summed E-state index contributed by atoms with van der Waals surface area (Å²) in [6.07, 6.45) is 0. The molecular formula is C13H11F2NO. The molecule has 0 saturated heterocycles. The van der Waals surface area contributed by atoms with E-state index in [0.717, 1.165) is 0 Å². The average Bonchev–Trinajstić information content (AvgIpc) is 2.30. The van der Waals surface area contributed by atoms with Gasteiger partial charge in [-0.05, 0) is 24.3 Å². The Morgan fingerprint density at radius 2 is 1.65 bits per heavy atom. The first-order chi connectivity index (χ1) is 8.18. The van der Waals surface area contributed by atoms with E-state index < -0.39 is 11.6 Å². The van der Waals surface area contributed by atoms with Gasteiger partial charge in [0.15, 0.2) is 11.6 Å². The summed E-state index contributed by atoms with van der Waals surface area (Å²) in [5.74, 6) is -0.862. The summed E-state index contributed by atoms with van der Waals surface area (Å²) in [4.78, 5) is 0. The summed E-state index contributed by atoms with van der Waals surface area (Å²) in [6, 6.07) is 10.3. The number of rotatable bonds is 3. The third-order valence-corrected chi connectivity index (χ3v) is 2.36. The van der Waals surface area contributed by atoms with Gasteiger partial charge in [-0.3, -0.25) is 0 Å². The first kappa shape index (κ1) is 11.4. The molecule has 0 bridgehead atoms. The summed E-state index contributed by atoms with van der Waals surface area (Å²) >= 11 is 0. The number of nitrogens with two attached hydrogens (primary N) is 1. The zero-order valence-corrected chi connectivity index (χ0v) is 8.99. The number of halogens is 2. The lowest BCUT2D eigenvalue weighted by atomic mass is 10.2. The lowest BCUT2D eigenvalue weighted by Crippen LogP contribution is -2.03. The average molecular weight is 235 g/mol. The highest BCUT2D eigenvalue weighted by molar-refractivity contribution is 5.47. The number of nitrogen functional groups attached to an aromatic ring is 1. The third kappa shape index (κ3) is 2.53. The molecule has 4 heteroatoms. The fraction of sp³-hybridized carbons (Fsp3) is 0.0769. The monoisotopic (exact) mass is 235 g/mol. The van der Waals surface area contributed by atoms with Gasteiger partial charge in [-0.25, -0.2) is 8.78 Å². The van der Waals surface area contributed by atoms with Crippen molar-refractivity contribution in [3.63, 3.8) is 0 Å². The molecular weight excluding hydrogens is 224 g/mol. The van der Waals surface area contributed by atoms with E-state index in [1.54, 1.807) is 18.2 Å². The SMILES string of the molecule is Nc1cccc(F)c1COc1ccccc1F. The molecule has 2 aromatic rings. The Kier molecular flexibility index (Phi) is 3.23. The highest BCUT2D eigenvalue weighted by Crippen LogP contribution is 2.21. The van der Waals surface area contributed by atoms with Crippen LogP contribution in [0.5, 0.6) is 5.75 Å². The van der Waals surface area contributed by atoms with E-state index in [-0.39, 0.29) is 17.9 Å². The maximum absolute atomic E-state index is 13.4. The van der Waals surface area contributed by atoms with Crippen molar-refractivity contribution in [1.29, 1.82) is 0 Å². The molecule has 2 nitrogen and oxygen atoms in total. The van der Waals surface area contributed by atoms with Crippen LogP contribution in [0.25, 0.3) is 0 Å². The molecule has 0 atom stereocenters. The fourth-order valence-electron chi connectivity index (χ4n) is 1.44. The van der Waals surface area contributed by atoms with E-state index in [1.165, 1.54) is 24.3 Å². The lowest BCUT2D eigenvalue weighted by Gasteiger charge is -2.09. The Morgan fingerprint density at radius 1 is 0.941 bits per heavy atom. The molecule has 0 fully saturated rings. The maximum atomic E-state index is 13.4. The number of anilines is 1. The van der Waals surface area contributed by atoms with Gasteiger partial charge in [0.25, 0.3) is 0 Å². The van der Waals surface area contributed by atoms with Crippen molar-refractivity contribution in [3.8, 4) is 5.75 Å². The van der Waals surface area contributed by atoms with E-state index in [1.807, 2.05) is 0 Å². The Labute approximate surface area is 97.6 Å². The molecule has 0 radical (unpaired) electrons. The van der Waals surface area contributed by atoms with Crippen LogP contribution in [0.4, 0.5) is 14.5 Å². The maximum Gasteiger partial charge on any atom is 0.165 e. The Hall–Kier alpha value is -2.10. The summed E-state index contributed by atoms with van der Waals surface area (Å²) in [5.41, 5.74) is 6.13. The number of ether oxygens (including phenoxy) is 1. The number of hydrogen-bond acceptors (Lipinski definition) is 2. The minimum absolute atomic E-state index is 0.0788. The quantitative estimate of drug-likeness (QED) is 0.829. The van der Waals surface area contributed by atoms with Crippen molar-refractivity contribution in [2.45, 2.75) is 6.61 Å². The minimum atomic E-state index is -0.484. The molecule has 0 aliphatic heterocycles. The van der Waals surface area contributed by atoms with Gasteiger partial charge in [-0.15, -0.1) is 0 Å². The Bertz CT molecular complexity index is 508. The second kappa shape index (κ2) is 4.82. The molecule has 2 rings (SSSR count). The normalized spacial score (nSPS) is 10.2. The lowest BCUT2D eigenvalue weighted by molar-refractivity contribution is 0.285. The van der Waals surface area contributed by atoms with Crippen LogP contribution in [0, 0.1) is 11.6 Å². The second-order valence-corrected chi connectivity index (χ2v) is 3.53. The second-order valence-electron chi connectivity index (χ2n) is 3.53. The molecule has 17 heavy (non-hydrogen) atoms. The van der Waals surface area contributed by atoms with Crippen LogP contribution in [0.1, 0.15) is 5.56 Å². The van der Waals surface area contributed by atoms with Gasteiger partial charge in [-0.1, -0.05) is 18.2 Å². The van der Waals surface area contributed by atoms with E-state index in [9.17, 15) is 8.78 Å². The van der Waals surface area contributed by atoms with E-state index in [2.05, 4.69) is 0 Å². The van der Waals surface area contributed by atoms with Crippen LogP contribution in [0.3, 0.4) is 0 Å². The summed E-state index contributed by atoms with van der Waals surface area (Å²) in [5, 5.41) is 0. The number of para-hydroxylation sites is 1. The van der Waals surface area contributed by atoms with Crippen LogP contribution < -0.4 is 10.5 Å². The van der Waals surface area contributed by atoms with Gasteiger partial charge < -0.3 is 10.5 Å². The molecule has 2 aromatic carbocycles. The zero-order chi connectivity index (χ0) is 12.3. The van der Waals surface area contributed by atoms with Gasteiger partial charge in [0, 0.05) is 11.3 Å². The van der Waals surface area contributed by atoms with Crippen LogP contribution >= 0.6 is 0 Å². The molecule has 0 aromatic heterocycles. The van der Waals surface area contributed by atoms with Crippen molar-refractivity contribution in [3.05, 3.63) is 59.7 Å². The molecule has 0 saturated carbocycles. The fourth-order valence-corrected chi connectivity index (χ4v) is 1.44. The summed E-state index contributed by atoms with van der Waals surface area (Å²) in [7, 11) is 0.